The molecule has 3 rings (SSSR count). The lowest BCUT2D eigenvalue weighted by atomic mass is 10.1. The summed E-state index contributed by atoms with van der Waals surface area (Å²) in [5, 5.41) is 0. The second-order valence-corrected chi connectivity index (χ2v) is 8.42. The van der Waals surface area contributed by atoms with E-state index in [2.05, 4.69) is 42.7 Å². The van der Waals surface area contributed by atoms with Gasteiger partial charge in [0.05, 0.1) is 19.8 Å². The number of piperazine rings is 1. The van der Waals surface area contributed by atoms with E-state index in [0.29, 0.717) is 52.0 Å². The van der Waals surface area contributed by atoms with E-state index in [4.69, 9.17) is 4.74 Å². The lowest BCUT2D eigenvalue weighted by Crippen LogP contribution is -2.53. The highest BCUT2D eigenvalue weighted by molar-refractivity contribution is 5.94. The lowest BCUT2D eigenvalue weighted by Gasteiger charge is -2.36. The van der Waals surface area contributed by atoms with Gasteiger partial charge in [0.25, 0.3) is 5.91 Å². The standard InChI is InChI=1S/C23H36N4O3/c1-4-25(19(2)3)17-20-5-7-21(8-6-20)23(29)27-11-9-26(10-12-27)22(28)18-24-13-15-30-16-14-24/h5-8,19H,4,9-18H2,1-3H3. The molecule has 7 heteroatoms. The largest absolute Gasteiger partial charge is 0.379 e. The average molecular weight is 417 g/mol. The van der Waals surface area contributed by atoms with E-state index >= 15 is 0 Å². The van der Waals surface area contributed by atoms with Crippen LogP contribution in [0.2, 0.25) is 0 Å². The number of carbonyl (C=O) groups is 2. The minimum atomic E-state index is 0.0537. The van der Waals surface area contributed by atoms with Gasteiger partial charge in [0.2, 0.25) is 5.91 Å². The van der Waals surface area contributed by atoms with Gasteiger partial charge in [-0.2, -0.15) is 0 Å². The molecule has 0 aromatic heterocycles. The van der Waals surface area contributed by atoms with Crippen molar-refractivity contribution in [3.05, 3.63) is 35.4 Å². The molecule has 1 aromatic rings. The summed E-state index contributed by atoms with van der Waals surface area (Å²) in [6.45, 7) is 14.3. The van der Waals surface area contributed by atoms with Crippen LogP contribution in [0.1, 0.15) is 36.7 Å². The Bertz CT molecular complexity index is 693. The molecule has 1 aromatic carbocycles. The predicted molar refractivity (Wildman–Crippen MR) is 117 cm³/mol. The first-order chi connectivity index (χ1) is 14.5. The molecule has 2 aliphatic rings. The molecule has 2 amide bonds. The Balaban J connectivity index is 1.48. The van der Waals surface area contributed by atoms with Crippen LogP contribution in [0.4, 0.5) is 0 Å². The van der Waals surface area contributed by atoms with Crippen molar-refractivity contribution in [1.82, 2.24) is 19.6 Å². The predicted octanol–water partition coefficient (Wildman–Crippen LogP) is 1.53. The summed E-state index contributed by atoms with van der Waals surface area (Å²) in [6.07, 6.45) is 0. The maximum Gasteiger partial charge on any atom is 0.253 e. The van der Waals surface area contributed by atoms with Crippen LogP contribution in [0.3, 0.4) is 0 Å². The molecule has 7 nitrogen and oxygen atoms in total. The number of rotatable bonds is 7. The monoisotopic (exact) mass is 416 g/mol. The average Bonchev–Trinajstić information content (AvgIpc) is 2.78. The first kappa shape index (κ1) is 22.7. The Labute approximate surface area is 180 Å². The van der Waals surface area contributed by atoms with Crippen LogP contribution in [0.15, 0.2) is 24.3 Å². The summed E-state index contributed by atoms with van der Waals surface area (Å²) in [7, 11) is 0. The Morgan fingerprint density at radius 1 is 0.967 bits per heavy atom. The van der Waals surface area contributed by atoms with Gasteiger partial charge in [-0.3, -0.25) is 19.4 Å². The molecule has 2 saturated heterocycles. The van der Waals surface area contributed by atoms with E-state index in [0.717, 1.165) is 31.7 Å². The van der Waals surface area contributed by atoms with Gasteiger partial charge in [0.15, 0.2) is 0 Å². The number of hydrogen-bond donors (Lipinski definition) is 0. The molecule has 0 atom stereocenters. The third-order valence-corrected chi connectivity index (χ3v) is 6.11. The Morgan fingerprint density at radius 3 is 2.13 bits per heavy atom. The van der Waals surface area contributed by atoms with Crippen LogP contribution < -0.4 is 0 Å². The van der Waals surface area contributed by atoms with E-state index in [1.54, 1.807) is 0 Å². The summed E-state index contributed by atoms with van der Waals surface area (Å²) in [4.78, 5) is 33.7. The normalized spacial score (nSPS) is 18.3. The highest BCUT2D eigenvalue weighted by Gasteiger charge is 2.26. The van der Waals surface area contributed by atoms with Crippen LogP contribution >= 0.6 is 0 Å². The van der Waals surface area contributed by atoms with Gasteiger partial charge in [0.1, 0.15) is 0 Å². The Hall–Kier alpha value is -1.96. The molecule has 30 heavy (non-hydrogen) atoms. The van der Waals surface area contributed by atoms with Gasteiger partial charge in [-0.25, -0.2) is 0 Å². The van der Waals surface area contributed by atoms with Crippen LogP contribution in [-0.2, 0) is 16.1 Å². The summed E-state index contributed by atoms with van der Waals surface area (Å²) in [5.41, 5.74) is 1.94. The molecule has 0 unspecified atom stereocenters. The zero-order chi connectivity index (χ0) is 21.5. The van der Waals surface area contributed by atoms with Crippen LogP contribution in [0.5, 0.6) is 0 Å². The Morgan fingerprint density at radius 2 is 1.57 bits per heavy atom. The van der Waals surface area contributed by atoms with Gasteiger partial charge in [-0.1, -0.05) is 19.1 Å². The third-order valence-electron chi connectivity index (χ3n) is 6.11. The SMILES string of the molecule is CCN(Cc1ccc(C(=O)N2CCN(C(=O)CN3CCOCC3)CC2)cc1)C(C)C. The molecule has 0 N–H and O–H groups in total. The number of hydrogen-bond acceptors (Lipinski definition) is 5. The zero-order valence-corrected chi connectivity index (χ0v) is 18.7. The molecule has 0 saturated carbocycles. The summed E-state index contributed by atoms with van der Waals surface area (Å²) in [5.74, 6) is 0.206. The van der Waals surface area contributed by atoms with Crippen LogP contribution in [0.25, 0.3) is 0 Å². The van der Waals surface area contributed by atoms with Gasteiger partial charge in [-0.05, 0) is 38.1 Å². The molecule has 2 aliphatic heterocycles. The van der Waals surface area contributed by atoms with Crippen molar-refractivity contribution in [1.29, 1.82) is 0 Å². The number of carbonyl (C=O) groups excluding carboxylic acids is 2. The first-order valence-corrected chi connectivity index (χ1v) is 11.2. The van der Waals surface area contributed by atoms with E-state index in [1.165, 1.54) is 5.56 Å². The highest BCUT2D eigenvalue weighted by Crippen LogP contribution is 2.13. The number of amides is 2. The van der Waals surface area contributed by atoms with Crippen LogP contribution in [-0.4, -0.2) is 103 Å². The second kappa shape index (κ2) is 10.9. The maximum absolute atomic E-state index is 12.9. The van der Waals surface area contributed by atoms with Crippen molar-refractivity contribution >= 4 is 11.8 Å². The van der Waals surface area contributed by atoms with Crippen molar-refractivity contribution in [2.45, 2.75) is 33.4 Å². The van der Waals surface area contributed by atoms with E-state index in [9.17, 15) is 9.59 Å². The van der Waals surface area contributed by atoms with Crippen LogP contribution in [0, 0.1) is 0 Å². The van der Waals surface area contributed by atoms with Crippen molar-refractivity contribution < 1.29 is 14.3 Å². The number of morpholine rings is 1. The number of benzene rings is 1. The Kier molecular flexibility index (Phi) is 8.24. The summed E-state index contributed by atoms with van der Waals surface area (Å²) in [6, 6.07) is 8.48. The topological polar surface area (TPSA) is 56.3 Å². The summed E-state index contributed by atoms with van der Waals surface area (Å²) < 4.78 is 5.34. The van der Waals surface area contributed by atoms with Gasteiger partial charge < -0.3 is 14.5 Å². The lowest BCUT2D eigenvalue weighted by molar-refractivity contribution is -0.134. The molecule has 0 aliphatic carbocycles. The molecule has 0 bridgehead atoms. The third kappa shape index (κ3) is 6.03. The van der Waals surface area contributed by atoms with E-state index in [-0.39, 0.29) is 11.8 Å². The van der Waals surface area contributed by atoms with E-state index in [1.807, 2.05) is 21.9 Å². The fourth-order valence-electron chi connectivity index (χ4n) is 4.04. The fourth-order valence-corrected chi connectivity index (χ4v) is 4.04. The minimum absolute atomic E-state index is 0.0537. The zero-order valence-electron chi connectivity index (χ0n) is 18.7. The molecular weight excluding hydrogens is 380 g/mol. The van der Waals surface area contributed by atoms with Crippen molar-refractivity contribution in [3.8, 4) is 0 Å². The molecule has 0 spiro atoms. The minimum Gasteiger partial charge on any atom is -0.379 e. The molecule has 2 heterocycles. The van der Waals surface area contributed by atoms with Gasteiger partial charge in [-0.15, -0.1) is 0 Å². The fraction of sp³-hybridized carbons (Fsp3) is 0.652. The molecule has 2 fully saturated rings. The smallest absolute Gasteiger partial charge is 0.253 e. The first-order valence-electron chi connectivity index (χ1n) is 11.2. The molecular formula is C23H36N4O3. The summed E-state index contributed by atoms with van der Waals surface area (Å²) >= 11 is 0. The number of ether oxygens (including phenoxy) is 1. The van der Waals surface area contributed by atoms with Gasteiger partial charge in [0, 0.05) is 57.4 Å². The molecule has 166 valence electrons. The quantitative estimate of drug-likeness (QED) is 0.675. The van der Waals surface area contributed by atoms with Crippen molar-refractivity contribution in [2.75, 3.05) is 65.6 Å². The number of nitrogens with zero attached hydrogens (tertiary/aromatic N) is 4. The highest BCUT2D eigenvalue weighted by atomic mass is 16.5. The second-order valence-electron chi connectivity index (χ2n) is 8.42. The maximum atomic E-state index is 12.9. The van der Waals surface area contributed by atoms with E-state index < -0.39 is 0 Å². The van der Waals surface area contributed by atoms with Gasteiger partial charge >= 0.3 is 0 Å². The van der Waals surface area contributed by atoms with Crippen molar-refractivity contribution in [2.24, 2.45) is 0 Å². The van der Waals surface area contributed by atoms with Crippen molar-refractivity contribution in [3.63, 3.8) is 0 Å². The molecule has 0 radical (unpaired) electrons.